The first-order chi connectivity index (χ1) is 5.75. The van der Waals surface area contributed by atoms with E-state index in [1.807, 2.05) is 0 Å². The summed E-state index contributed by atoms with van der Waals surface area (Å²) in [7, 11) is 0. The van der Waals surface area contributed by atoms with Gasteiger partial charge in [-0.15, -0.1) is 0 Å². The van der Waals surface area contributed by atoms with Gasteiger partial charge in [0.2, 0.25) is 0 Å². The van der Waals surface area contributed by atoms with Crippen LogP contribution in [-0.4, -0.2) is 21.2 Å². The Balaban J connectivity index is 0.000000845. The second-order valence-electron chi connectivity index (χ2n) is 2.96. The maximum atomic E-state index is 10.2. The van der Waals surface area contributed by atoms with E-state index >= 15 is 0 Å². The third-order valence-corrected chi connectivity index (χ3v) is 1.80. The quantitative estimate of drug-likeness (QED) is 0.491. The molecule has 1 saturated carbocycles. The van der Waals surface area contributed by atoms with Crippen LogP contribution in [0.15, 0.2) is 0 Å². The minimum Gasteiger partial charge on any atom is -0.550 e. The number of aromatic nitrogens is 3. The first-order valence-corrected chi connectivity index (χ1v) is 3.86. The molecule has 1 N–H and O–H groups in total. The summed E-state index contributed by atoms with van der Waals surface area (Å²) in [5.41, 5.74) is 0. The molecule has 0 unspecified atom stereocenters. The first kappa shape index (κ1) is 10.7. The molecular formula is C7H8N3NaO2. The van der Waals surface area contributed by atoms with E-state index in [4.69, 9.17) is 0 Å². The van der Waals surface area contributed by atoms with Crippen molar-refractivity contribution in [3.8, 4) is 0 Å². The molecular weight excluding hydrogens is 181 g/mol. The van der Waals surface area contributed by atoms with Crippen molar-refractivity contribution in [1.29, 1.82) is 0 Å². The smallest absolute Gasteiger partial charge is 0.550 e. The van der Waals surface area contributed by atoms with Crippen LogP contribution in [0.2, 0.25) is 0 Å². The number of hydrogen-bond acceptors (Lipinski definition) is 4. The molecule has 64 valence electrons. The summed E-state index contributed by atoms with van der Waals surface area (Å²) < 4.78 is 0. The van der Waals surface area contributed by atoms with Gasteiger partial charge in [0.1, 0.15) is 5.82 Å². The van der Waals surface area contributed by atoms with E-state index in [1.165, 1.54) is 0 Å². The fourth-order valence-corrected chi connectivity index (χ4v) is 1.05. The van der Waals surface area contributed by atoms with Crippen molar-refractivity contribution in [2.24, 2.45) is 0 Å². The summed E-state index contributed by atoms with van der Waals surface area (Å²) in [6, 6.07) is 0. The van der Waals surface area contributed by atoms with Gasteiger partial charge in [-0.2, -0.15) is 5.10 Å². The minimum absolute atomic E-state index is 0. The Bertz CT molecular complexity index is 308. The van der Waals surface area contributed by atoms with Crippen molar-refractivity contribution in [2.75, 3.05) is 0 Å². The van der Waals surface area contributed by atoms with E-state index in [-0.39, 0.29) is 36.0 Å². The number of rotatable bonds is 3. The number of hydrogen-bond donors (Lipinski definition) is 1. The van der Waals surface area contributed by atoms with Crippen molar-refractivity contribution in [3.63, 3.8) is 0 Å². The van der Waals surface area contributed by atoms with Crippen molar-refractivity contribution < 1.29 is 39.5 Å². The third-order valence-electron chi connectivity index (χ3n) is 1.80. The second-order valence-corrected chi connectivity index (χ2v) is 2.96. The molecule has 1 aliphatic carbocycles. The number of carbonyl (C=O) groups excluding carboxylic acids is 1. The van der Waals surface area contributed by atoms with Gasteiger partial charge < -0.3 is 9.90 Å². The predicted octanol–water partition coefficient (Wildman–Crippen LogP) is -4.02. The van der Waals surface area contributed by atoms with Crippen LogP contribution >= 0.6 is 0 Å². The fraction of sp³-hybridized carbons (Fsp3) is 0.571. The molecule has 1 aromatic heterocycles. The van der Waals surface area contributed by atoms with Crippen LogP contribution in [0.3, 0.4) is 0 Å². The number of nitrogens with zero attached hydrogens (tertiary/aromatic N) is 2. The van der Waals surface area contributed by atoms with Gasteiger partial charge in [-0.05, 0) is 12.8 Å². The summed E-state index contributed by atoms with van der Waals surface area (Å²) in [5.74, 6) is 0.452. The summed E-state index contributed by atoms with van der Waals surface area (Å²) in [6.07, 6.45) is 2.05. The average Bonchev–Trinajstić information content (AvgIpc) is 2.73. The van der Waals surface area contributed by atoms with E-state index in [0.29, 0.717) is 11.7 Å². The summed E-state index contributed by atoms with van der Waals surface area (Å²) in [6.45, 7) is 0. The minimum atomic E-state index is -1.13. The van der Waals surface area contributed by atoms with E-state index in [0.717, 1.165) is 18.7 Å². The molecule has 2 rings (SSSR count). The van der Waals surface area contributed by atoms with Gasteiger partial charge in [0.15, 0.2) is 5.82 Å². The van der Waals surface area contributed by atoms with Crippen LogP contribution in [0.4, 0.5) is 0 Å². The standard InChI is InChI=1S/C7H9N3O2.Na/c11-6(12)3-5-8-7(10-9-5)4-1-2-4;/h4H,1-3H2,(H,11,12)(H,8,9,10);/q;+1/p-1. The van der Waals surface area contributed by atoms with Crippen molar-refractivity contribution in [2.45, 2.75) is 25.2 Å². The van der Waals surface area contributed by atoms with Gasteiger partial charge in [-0.1, -0.05) is 0 Å². The summed E-state index contributed by atoms with van der Waals surface area (Å²) >= 11 is 0. The molecule has 1 aliphatic rings. The van der Waals surface area contributed by atoms with Crippen molar-refractivity contribution in [1.82, 2.24) is 15.2 Å². The monoisotopic (exact) mass is 189 g/mol. The SMILES string of the molecule is O=C([O-])Cc1nc(C2CC2)n[nH]1.[Na+]. The van der Waals surface area contributed by atoms with Gasteiger partial charge in [0.25, 0.3) is 0 Å². The molecule has 1 heterocycles. The molecule has 1 aromatic rings. The Morgan fingerprint density at radius 2 is 2.31 bits per heavy atom. The number of aromatic amines is 1. The number of aliphatic carboxylic acids is 1. The van der Waals surface area contributed by atoms with Crippen LogP contribution in [0.5, 0.6) is 0 Å². The fourth-order valence-electron chi connectivity index (χ4n) is 1.05. The molecule has 0 saturated heterocycles. The number of carbonyl (C=O) groups is 1. The van der Waals surface area contributed by atoms with Crippen LogP contribution in [0.1, 0.15) is 30.4 Å². The molecule has 0 bridgehead atoms. The maximum absolute atomic E-state index is 10.2. The Morgan fingerprint density at radius 3 is 2.85 bits per heavy atom. The molecule has 6 heteroatoms. The van der Waals surface area contributed by atoms with Crippen molar-refractivity contribution >= 4 is 5.97 Å². The van der Waals surface area contributed by atoms with E-state index < -0.39 is 5.97 Å². The Hall–Kier alpha value is -0.390. The van der Waals surface area contributed by atoms with E-state index in [9.17, 15) is 9.90 Å². The molecule has 1 fully saturated rings. The molecule has 0 amide bonds. The molecule has 13 heavy (non-hydrogen) atoms. The van der Waals surface area contributed by atoms with Gasteiger partial charge in [0.05, 0.1) is 0 Å². The summed E-state index contributed by atoms with van der Waals surface area (Å²) in [5, 5.41) is 16.6. The predicted molar refractivity (Wildman–Crippen MR) is 37.1 cm³/mol. The van der Waals surface area contributed by atoms with Crippen LogP contribution < -0.4 is 34.7 Å². The topological polar surface area (TPSA) is 81.7 Å². The molecule has 0 radical (unpaired) electrons. The van der Waals surface area contributed by atoms with Crippen molar-refractivity contribution in [3.05, 3.63) is 11.6 Å². The largest absolute Gasteiger partial charge is 1.00 e. The van der Waals surface area contributed by atoms with Gasteiger partial charge >= 0.3 is 29.6 Å². The molecule has 0 spiro atoms. The van der Waals surface area contributed by atoms with E-state index in [2.05, 4.69) is 15.2 Å². The van der Waals surface area contributed by atoms with Gasteiger partial charge in [-0.25, -0.2) is 4.98 Å². The van der Waals surface area contributed by atoms with Crippen LogP contribution in [-0.2, 0) is 11.2 Å². The number of H-pyrrole nitrogens is 1. The first-order valence-electron chi connectivity index (χ1n) is 3.86. The second kappa shape index (κ2) is 4.21. The summed E-state index contributed by atoms with van der Waals surface area (Å²) in [4.78, 5) is 14.2. The number of carboxylic acids is 1. The Morgan fingerprint density at radius 1 is 1.62 bits per heavy atom. The maximum Gasteiger partial charge on any atom is 1.00 e. The molecule has 5 nitrogen and oxygen atoms in total. The third kappa shape index (κ3) is 2.79. The van der Waals surface area contributed by atoms with E-state index in [1.54, 1.807) is 0 Å². The zero-order chi connectivity index (χ0) is 8.55. The normalized spacial score (nSPS) is 15.1. The molecule has 0 aliphatic heterocycles. The Labute approximate surface area is 97.2 Å². The molecule has 0 atom stereocenters. The van der Waals surface area contributed by atoms with Crippen LogP contribution in [0.25, 0.3) is 0 Å². The Kier molecular flexibility index (Phi) is 3.47. The van der Waals surface area contributed by atoms with Gasteiger partial charge in [0, 0.05) is 18.3 Å². The number of nitrogens with one attached hydrogen (secondary N) is 1. The number of carboxylic acid groups (broad SMARTS) is 1. The van der Waals surface area contributed by atoms with Crippen LogP contribution in [0, 0.1) is 0 Å². The molecule has 0 aromatic carbocycles. The zero-order valence-corrected chi connectivity index (χ0v) is 9.41. The zero-order valence-electron chi connectivity index (χ0n) is 7.41. The average molecular weight is 189 g/mol. The van der Waals surface area contributed by atoms with Gasteiger partial charge in [-0.3, -0.25) is 5.10 Å².